The fourth-order valence-electron chi connectivity index (χ4n) is 4.09. The van der Waals surface area contributed by atoms with Gasteiger partial charge in [-0.25, -0.2) is 0 Å². The van der Waals surface area contributed by atoms with Crippen LogP contribution in [0.5, 0.6) is 0 Å². The molecule has 0 radical (unpaired) electrons. The van der Waals surface area contributed by atoms with Gasteiger partial charge in [-0.1, -0.05) is 48.0 Å². The Kier molecular flexibility index (Phi) is 7.84. The summed E-state index contributed by atoms with van der Waals surface area (Å²) in [6, 6.07) is 13.7. The Labute approximate surface area is 193 Å². The van der Waals surface area contributed by atoms with Gasteiger partial charge in [-0.3, -0.25) is 0 Å². The molecule has 1 saturated heterocycles. The fraction of sp³-hybridized carbons (Fsp3) is 0.520. The second-order valence-electron chi connectivity index (χ2n) is 8.77. The molecule has 0 bridgehead atoms. The van der Waals surface area contributed by atoms with E-state index in [0.29, 0.717) is 23.1 Å². The van der Waals surface area contributed by atoms with Crippen LogP contribution in [-0.2, 0) is 22.3 Å². The molecule has 2 aromatic rings. The molecule has 1 aliphatic carbocycles. The van der Waals surface area contributed by atoms with Crippen molar-refractivity contribution in [2.45, 2.75) is 68.7 Å². The van der Waals surface area contributed by atoms with Crippen LogP contribution in [0, 0.1) is 0 Å². The van der Waals surface area contributed by atoms with Gasteiger partial charge in [0.2, 0.25) is 0 Å². The highest BCUT2D eigenvalue weighted by atomic mass is 35.5. The van der Waals surface area contributed by atoms with Gasteiger partial charge in [0.1, 0.15) is 30.5 Å². The topological polar surface area (TPSA) is 99.4 Å². The Morgan fingerprint density at radius 2 is 1.66 bits per heavy atom. The fourth-order valence-corrected chi connectivity index (χ4v) is 4.27. The SMILES string of the molecule is OC[C@H]1OC(c2ccc(Cl)c(Cc3ccc(CCCOC4CC4)cc3)c2)[C@H](O)[C@@H](O)[C@@H]1O. The molecule has 4 rings (SSSR count). The average molecular weight is 463 g/mol. The first-order valence-corrected chi connectivity index (χ1v) is 11.6. The summed E-state index contributed by atoms with van der Waals surface area (Å²) in [6.07, 6.45) is -0.404. The lowest BCUT2D eigenvalue weighted by molar-refractivity contribution is -0.231. The summed E-state index contributed by atoms with van der Waals surface area (Å²) in [6.45, 7) is 0.355. The molecule has 2 aliphatic rings. The van der Waals surface area contributed by atoms with E-state index < -0.39 is 37.1 Å². The van der Waals surface area contributed by atoms with Crippen molar-refractivity contribution in [2.75, 3.05) is 13.2 Å². The van der Waals surface area contributed by atoms with Crippen LogP contribution >= 0.6 is 11.6 Å². The maximum absolute atomic E-state index is 10.4. The van der Waals surface area contributed by atoms with Gasteiger partial charge in [-0.2, -0.15) is 0 Å². The summed E-state index contributed by atoms with van der Waals surface area (Å²) in [5.41, 5.74) is 3.88. The summed E-state index contributed by atoms with van der Waals surface area (Å²) in [4.78, 5) is 0. The molecule has 1 aliphatic heterocycles. The Balaban J connectivity index is 1.41. The van der Waals surface area contributed by atoms with Crippen molar-refractivity contribution < 1.29 is 29.9 Å². The van der Waals surface area contributed by atoms with E-state index in [4.69, 9.17) is 21.1 Å². The highest BCUT2D eigenvalue weighted by molar-refractivity contribution is 6.31. The van der Waals surface area contributed by atoms with E-state index in [-0.39, 0.29) is 0 Å². The molecule has 1 unspecified atom stereocenters. The number of ether oxygens (including phenoxy) is 2. The van der Waals surface area contributed by atoms with Crippen LogP contribution in [-0.4, -0.2) is 64.2 Å². The molecular weight excluding hydrogens is 432 g/mol. The largest absolute Gasteiger partial charge is 0.394 e. The van der Waals surface area contributed by atoms with Crippen molar-refractivity contribution in [1.29, 1.82) is 0 Å². The Morgan fingerprint density at radius 3 is 2.34 bits per heavy atom. The second-order valence-corrected chi connectivity index (χ2v) is 9.17. The maximum Gasteiger partial charge on any atom is 0.113 e. The van der Waals surface area contributed by atoms with Crippen LogP contribution in [0.25, 0.3) is 0 Å². The zero-order chi connectivity index (χ0) is 22.7. The van der Waals surface area contributed by atoms with E-state index in [1.54, 1.807) is 12.1 Å². The number of aryl methyl sites for hydroxylation is 1. The predicted octanol–water partition coefficient (Wildman–Crippen LogP) is 2.56. The van der Waals surface area contributed by atoms with Gasteiger partial charge in [0, 0.05) is 11.6 Å². The number of halogens is 1. The molecule has 4 N–H and O–H groups in total. The molecule has 5 atom stereocenters. The van der Waals surface area contributed by atoms with E-state index >= 15 is 0 Å². The molecule has 6 nitrogen and oxygen atoms in total. The van der Waals surface area contributed by atoms with E-state index in [2.05, 4.69) is 24.3 Å². The summed E-state index contributed by atoms with van der Waals surface area (Å²) in [7, 11) is 0. The Hall–Kier alpha value is -1.51. The Morgan fingerprint density at radius 1 is 0.938 bits per heavy atom. The van der Waals surface area contributed by atoms with Gasteiger partial charge >= 0.3 is 0 Å². The molecular formula is C25H31ClO6. The van der Waals surface area contributed by atoms with Crippen LogP contribution < -0.4 is 0 Å². The molecule has 32 heavy (non-hydrogen) atoms. The molecule has 1 saturated carbocycles. The first kappa shape index (κ1) is 23.6. The number of rotatable bonds is 9. The number of aliphatic hydroxyl groups excluding tert-OH is 4. The Bertz CT molecular complexity index is 883. The van der Waals surface area contributed by atoms with Crippen molar-refractivity contribution in [2.24, 2.45) is 0 Å². The molecule has 174 valence electrons. The number of hydrogen-bond donors (Lipinski definition) is 4. The lowest BCUT2D eigenvalue weighted by Crippen LogP contribution is -2.55. The third-order valence-corrected chi connectivity index (χ3v) is 6.56. The van der Waals surface area contributed by atoms with Crippen molar-refractivity contribution >= 4 is 11.6 Å². The van der Waals surface area contributed by atoms with Gasteiger partial charge in [0.05, 0.1) is 12.7 Å². The third-order valence-electron chi connectivity index (χ3n) is 6.20. The number of hydrogen-bond acceptors (Lipinski definition) is 6. The number of benzene rings is 2. The standard InChI is InChI=1S/C25H31ClO6/c26-20-10-7-17(25-24(30)23(29)22(28)21(14-27)32-25)13-18(20)12-16-5-3-15(4-6-16)2-1-11-31-19-8-9-19/h3-7,10,13,19,21-25,27-30H,1-2,8-9,11-12,14H2/t21-,22-,23+,24-,25?/m1/s1. The van der Waals surface area contributed by atoms with E-state index in [1.807, 2.05) is 6.07 Å². The van der Waals surface area contributed by atoms with E-state index in [0.717, 1.165) is 30.6 Å². The normalized spacial score (nSPS) is 28.1. The van der Waals surface area contributed by atoms with Gasteiger partial charge < -0.3 is 29.9 Å². The first-order chi connectivity index (χ1) is 15.5. The minimum Gasteiger partial charge on any atom is -0.394 e. The van der Waals surface area contributed by atoms with Crippen molar-refractivity contribution in [3.05, 3.63) is 69.7 Å². The van der Waals surface area contributed by atoms with E-state index in [1.165, 1.54) is 18.4 Å². The van der Waals surface area contributed by atoms with Crippen LogP contribution in [0.4, 0.5) is 0 Å². The molecule has 0 spiro atoms. The van der Waals surface area contributed by atoms with Crippen LogP contribution in [0.3, 0.4) is 0 Å². The average Bonchev–Trinajstić information content (AvgIpc) is 3.63. The van der Waals surface area contributed by atoms with Gasteiger partial charge in [-0.15, -0.1) is 0 Å². The van der Waals surface area contributed by atoms with Crippen LogP contribution in [0.15, 0.2) is 42.5 Å². The molecule has 0 aromatic heterocycles. The molecule has 2 fully saturated rings. The molecule has 2 aromatic carbocycles. The first-order valence-electron chi connectivity index (χ1n) is 11.2. The van der Waals surface area contributed by atoms with Crippen molar-refractivity contribution in [1.82, 2.24) is 0 Å². The van der Waals surface area contributed by atoms with Crippen LogP contribution in [0.2, 0.25) is 5.02 Å². The van der Waals surface area contributed by atoms with Gasteiger partial charge in [0.15, 0.2) is 0 Å². The summed E-state index contributed by atoms with van der Waals surface area (Å²) >= 11 is 6.43. The quantitative estimate of drug-likeness (QED) is 0.427. The minimum absolute atomic E-state index is 0.457. The second kappa shape index (κ2) is 10.6. The van der Waals surface area contributed by atoms with E-state index in [9.17, 15) is 20.4 Å². The van der Waals surface area contributed by atoms with Crippen LogP contribution in [0.1, 0.15) is 47.6 Å². The molecule has 0 amide bonds. The summed E-state index contributed by atoms with van der Waals surface area (Å²) in [5, 5.41) is 40.6. The zero-order valence-electron chi connectivity index (χ0n) is 17.9. The minimum atomic E-state index is -1.41. The van der Waals surface area contributed by atoms with Gasteiger partial charge in [-0.05, 0) is 60.4 Å². The smallest absolute Gasteiger partial charge is 0.113 e. The summed E-state index contributed by atoms with van der Waals surface area (Å²) < 4.78 is 11.4. The molecule has 7 heteroatoms. The lowest BCUT2D eigenvalue weighted by Gasteiger charge is -2.40. The highest BCUT2D eigenvalue weighted by Crippen LogP contribution is 2.34. The summed E-state index contributed by atoms with van der Waals surface area (Å²) in [5.74, 6) is 0. The van der Waals surface area contributed by atoms with Crippen molar-refractivity contribution in [3.63, 3.8) is 0 Å². The zero-order valence-corrected chi connectivity index (χ0v) is 18.7. The lowest BCUT2D eigenvalue weighted by atomic mass is 9.90. The predicted molar refractivity (Wildman–Crippen MR) is 121 cm³/mol. The van der Waals surface area contributed by atoms with Crippen molar-refractivity contribution in [3.8, 4) is 0 Å². The molecule has 1 heterocycles. The monoisotopic (exact) mass is 462 g/mol. The maximum atomic E-state index is 10.4. The highest BCUT2D eigenvalue weighted by Gasteiger charge is 2.44. The number of aliphatic hydroxyl groups is 4. The third kappa shape index (κ3) is 5.69. The van der Waals surface area contributed by atoms with Gasteiger partial charge in [0.25, 0.3) is 0 Å².